The fourth-order valence-corrected chi connectivity index (χ4v) is 4.02. The van der Waals surface area contributed by atoms with Gasteiger partial charge in [-0.2, -0.15) is 0 Å². The predicted octanol–water partition coefficient (Wildman–Crippen LogP) is 3.05. The van der Waals surface area contributed by atoms with Crippen LogP contribution in [0.4, 0.5) is 0 Å². The maximum atomic E-state index is 3.50. The Morgan fingerprint density at radius 3 is 3.16 bits per heavy atom. The molecule has 1 atom stereocenters. The van der Waals surface area contributed by atoms with Crippen LogP contribution in [0.1, 0.15) is 29.7 Å². The third-order valence-electron chi connectivity index (χ3n) is 5.04. The van der Waals surface area contributed by atoms with Crippen molar-refractivity contribution in [2.24, 2.45) is 5.92 Å². The van der Waals surface area contributed by atoms with Crippen LogP contribution in [0.2, 0.25) is 0 Å². The summed E-state index contributed by atoms with van der Waals surface area (Å²) < 4.78 is 2.58. The average Bonchev–Trinajstić information content (AvgIpc) is 3.04. The molecule has 2 aromatic rings. The van der Waals surface area contributed by atoms with E-state index in [2.05, 4.69) is 35.0 Å². The number of para-hydroxylation sites is 1. The molecule has 2 nitrogen and oxygen atoms in total. The Hall–Kier alpha value is -1.28. The molecular formula is C17H22N2. The third kappa shape index (κ3) is 1.73. The molecule has 0 radical (unpaired) electrons. The summed E-state index contributed by atoms with van der Waals surface area (Å²) in [4.78, 5) is 0. The molecular weight excluding hydrogens is 232 g/mol. The Kier molecular flexibility index (Phi) is 2.66. The summed E-state index contributed by atoms with van der Waals surface area (Å²) in [5, 5.41) is 5.03. The van der Waals surface area contributed by atoms with Crippen LogP contribution in [-0.2, 0) is 19.4 Å². The van der Waals surface area contributed by atoms with Crippen molar-refractivity contribution < 1.29 is 0 Å². The standard InChI is InChI=1S/C17H22N2/c1-12-16(10-13-7-8-18-11-13)15-6-2-4-14-5-3-9-19(12)17(14)15/h2,4,6,13,18H,3,5,7-11H2,1H3. The highest BCUT2D eigenvalue weighted by atomic mass is 15.0. The van der Waals surface area contributed by atoms with Crippen LogP contribution in [-0.4, -0.2) is 17.7 Å². The molecule has 0 bridgehead atoms. The first-order valence-electron chi connectivity index (χ1n) is 7.65. The highest BCUT2D eigenvalue weighted by Crippen LogP contribution is 2.34. The number of hydrogen-bond donors (Lipinski definition) is 1. The van der Waals surface area contributed by atoms with Gasteiger partial charge in [-0.15, -0.1) is 0 Å². The molecule has 1 N–H and O–H groups in total. The molecule has 3 heterocycles. The lowest BCUT2D eigenvalue weighted by atomic mass is 9.95. The van der Waals surface area contributed by atoms with Crippen LogP contribution in [0, 0.1) is 12.8 Å². The lowest BCUT2D eigenvalue weighted by Gasteiger charge is -2.16. The van der Waals surface area contributed by atoms with E-state index >= 15 is 0 Å². The Morgan fingerprint density at radius 1 is 1.37 bits per heavy atom. The fraction of sp³-hybridized carbons (Fsp3) is 0.529. The van der Waals surface area contributed by atoms with Gasteiger partial charge in [0.25, 0.3) is 0 Å². The number of rotatable bonds is 2. The molecule has 1 aromatic carbocycles. The Morgan fingerprint density at radius 2 is 2.32 bits per heavy atom. The molecule has 2 aliphatic heterocycles. The molecule has 4 rings (SSSR count). The van der Waals surface area contributed by atoms with Gasteiger partial charge in [-0.1, -0.05) is 18.2 Å². The Bertz CT molecular complexity index is 618. The van der Waals surface area contributed by atoms with Crippen molar-refractivity contribution in [1.29, 1.82) is 0 Å². The number of hydrogen-bond acceptors (Lipinski definition) is 1. The van der Waals surface area contributed by atoms with Gasteiger partial charge in [0.2, 0.25) is 0 Å². The first kappa shape index (κ1) is 11.5. The molecule has 1 unspecified atom stereocenters. The average molecular weight is 254 g/mol. The first-order chi connectivity index (χ1) is 9.34. The molecule has 2 aliphatic rings. The molecule has 1 saturated heterocycles. The van der Waals surface area contributed by atoms with Crippen molar-refractivity contribution in [3.8, 4) is 0 Å². The molecule has 0 aliphatic carbocycles. The second kappa shape index (κ2) is 4.38. The summed E-state index contributed by atoms with van der Waals surface area (Å²) >= 11 is 0. The zero-order valence-corrected chi connectivity index (χ0v) is 11.7. The Balaban J connectivity index is 1.86. The summed E-state index contributed by atoms with van der Waals surface area (Å²) in [5.74, 6) is 0.835. The van der Waals surface area contributed by atoms with Crippen LogP contribution >= 0.6 is 0 Å². The van der Waals surface area contributed by atoms with Gasteiger partial charge in [-0.05, 0) is 62.7 Å². The van der Waals surface area contributed by atoms with Gasteiger partial charge < -0.3 is 9.88 Å². The molecule has 100 valence electrons. The smallest absolute Gasteiger partial charge is 0.0517 e. The number of aryl methyl sites for hydroxylation is 2. The summed E-state index contributed by atoms with van der Waals surface area (Å²) in [5.41, 5.74) is 6.23. The minimum atomic E-state index is 0.835. The summed E-state index contributed by atoms with van der Waals surface area (Å²) in [7, 11) is 0. The minimum Gasteiger partial charge on any atom is -0.344 e. The first-order valence-corrected chi connectivity index (χ1v) is 7.65. The fourth-order valence-electron chi connectivity index (χ4n) is 4.02. The molecule has 0 saturated carbocycles. The summed E-state index contributed by atoms with van der Waals surface area (Å²) in [6.45, 7) is 5.94. The van der Waals surface area contributed by atoms with Crippen molar-refractivity contribution in [2.75, 3.05) is 13.1 Å². The van der Waals surface area contributed by atoms with E-state index < -0.39 is 0 Å². The summed E-state index contributed by atoms with van der Waals surface area (Å²) in [6.07, 6.45) is 5.15. The van der Waals surface area contributed by atoms with E-state index in [1.807, 2.05) is 0 Å². The molecule has 0 spiro atoms. The van der Waals surface area contributed by atoms with Gasteiger partial charge in [0.1, 0.15) is 0 Å². The molecule has 0 amide bonds. The second-order valence-electron chi connectivity index (χ2n) is 6.20. The summed E-state index contributed by atoms with van der Waals surface area (Å²) in [6, 6.07) is 6.91. The van der Waals surface area contributed by atoms with Crippen LogP contribution in [0.25, 0.3) is 10.9 Å². The van der Waals surface area contributed by atoms with E-state index in [1.54, 1.807) is 11.1 Å². The van der Waals surface area contributed by atoms with Crippen molar-refractivity contribution in [2.45, 2.75) is 39.2 Å². The molecule has 19 heavy (non-hydrogen) atoms. The van der Waals surface area contributed by atoms with Gasteiger partial charge in [-0.25, -0.2) is 0 Å². The largest absolute Gasteiger partial charge is 0.344 e. The number of aromatic nitrogens is 1. The third-order valence-corrected chi connectivity index (χ3v) is 5.04. The van der Waals surface area contributed by atoms with Gasteiger partial charge in [-0.3, -0.25) is 0 Å². The number of nitrogens with one attached hydrogen (secondary N) is 1. The minimum absolute atomic E-state index is 0.835. The normalized spacial score (nSPS) is 22.3. The SMILES string of the molecule is Cc1c(CC2CCNC2)c2cccc3c2n1CCC3. The zero-order chi connectivity index (χ0) is 12.8. The van der Waals surface area contributed by atoms with Gasteiger partial charge in [0.05, 0.1) is 5.52 Å². The van der Waals surface area contributed by atoms with E-state index in [4.69, 9.17) is 0 Å². The maximum Gasteiger partial charge on any atom is 0.0517 e. The van der Waals surface area contributed by atoms with Crippen molar-refractivity contribution >= 4 is 10.9 Å². The molecule has 1 aromatic heterocycles. The van der Waals surface area contributed by atoms with Gasteiger partial charge in [0, 0.05) is 17.6 Å². The van der Waals surface area contributed by atoms with E-state index in [9.17, 15) is 0 Å². The van der Waals surface area contributed by atoms with Crippen LogP contribution in [0.5, 0.6) is 0 Å². The topological polar surface area (TPSA) is 17.0 Å². The zero-order valence-electron chi connectivity index (χ0n) is 11.7. The highest BCUT2D eigenvalue weighted by molar-refractivity contribution is 5.88. The van der Waals surface area contributed by atoms with Crippen molar-refractivity contribution in [1.82, 2.24) is 9.88 Å². The van der Waals surface area contributed by atoms with Crippen molar-refractivity contribution in [3.63, 3.8) is 0 Å². The number of benzene rings is 1. The monoisotopic (exact) mass is 254 g/mol. The van der Waals surface area contributed by atoms with Gasteiger partial charge >= 0.3 is 0 Å². The Labute approximate surface area is 114 Å². The predicted molar refractivity (Wildman–Crippen MR) is 79.7 cm³/mol. The van der Waals surface area contributed by atoms with E-state index in [-0.39, 0.29) is 0 Å². The van der Waals surface area contributed by atoms with E-state index in [1.165, 1.54) is 61.9 Å². The van der Waals surface area contributed by atoms with Crippen LogP contribution < -0.4 is 5.32 Å². The quantitative estimate of drug-likeness (QED) is 0.871. The van der Waals surface area contributed by atoms with E-state index in [0.717, 1.165) is 5.92 Å². The second-order valence-corrected chi connectivity index (χ2v) is 6.20. The highest BCUT2D eigenvalue weighted by Gasteiger charge is 2.23. The van der Waals surface area contributed by atoms with E-state index in [0.29, 0.717) is 0 Å². The van der Waals surface area contributed by atoms with Gasteiger partial charge in [0.15, 0.2) is 0 Å². The molecule has 2 heteroatoms. The maximum absolute atomic E-state index is 3.50. The van der Waals surface area contributed by atoms with Crippen molar-refractivity contribution in [3.05, 3.63) is 35.0 Å². The lowest BCUT2D eigenvalue weighted by molar-refractivity contribution is 0.573. The van der Waals surface area contributed by atoms with Crippen LogP contribution in [0.15, 0.2) is 18.2 Å². The van der Waals surface area contributed by atoms with Crippen LogP contribution in [0.3, 0.4) is 0 Å². The molecule has 1 fully saturated rings. The lowest BCUT2D eigenvalue weighted by Crippen LogP contribution is -2.11. The number of nitrogens with zero attached hydrogens (tertiary/aromatic N) is 1.